The van der Waals surface area contributed by atoms with Crippen LogP contribution in [0.5, 0.6) is 11.5 Å². The number of nitrogens with one attached hydrogen (secondary N) is 2. The minimum atomic E-state index is -0.361. The minimum absolute atomic E-state index is 0.0702. The lowest BCUT2D eigenvalue weighted by Gasteiger charge is -2.10. The van der Waals surface area contributed by atoms with E-state index < -0.39 is 0 Å². The maximum Gasteiger partial charge on any atom is 0.253 e. The molecule has 9 heteroatoms. The second-order valence-electron chi connectivity index (χ2n) is 4.38. The van der Waals surface area contributed by atoms with Crippen molar-refractivity contribution < 1.29 is 14.3 Å². The summed E-state index contributed by atoms with van der Waals surface area (Å²) in [5.74, 6) is 1.01. The average molecular weight is 336 g/mol. The molecule has 1 heterocycles. The maximum atomic E-state index is 12.0. The Balaban J connectivity index is 1.98. The van der Waals surface area contributed by atoms with E-state index in [9.17, 15) is 9.59 Å². The number of nitrogens with zero attached hydrogens (tertiary/aromatic N) is 1. The predicted molar refractivity (Wildman–Crippen MR) is 88.2 cm³/mol. The summed E-state index contributed by atoms with van der Waals surface area (Å²) in [6.07, 6.45) is 0. The predicted octanol–water partition coefficient (Wildman–Crippen LogP) is 1.10. The summed E-state index contributed by atoms with van der Waals surface area (Å²) in [4.78, 5) is 29.6. The number of rotatable bonds is 6. The topological polar surface area (TPSA) is 119 Å². The second kappa shape index (κ2) is 7.54. The number of aromatic nitrogens is 2. The molecular formula is C14H16N4O4S. The Morgan fingerprint density at radius 2 is 2.04 bits per heavy atom. The lowest BCUT2D eigenvalue weighted by atomic mass is 10.2. The van der Waals surface area contributed by atoms with Gasteiger partial charge in [-0.25, -0.2) is 4.98 Å². The molecule has 0 unspecified atom stereocenters. The normalized spacial score (nSPS) is 10.2. The lowest BCUT2D eigenvalue weighted by Crippen LogP contribution is -2.15. The van der Waals surface area contributed by atoms with Crippen LogP contribution in [0.2, 0.25) is 0 Å². The Morgan fingerprint density at radius 3 is 2.70 bits per heavy atom. The first-order chi connectivity index (χ1) is 11.0. The first-order valence-corrected chi connectivity index (χ1v) is 7.52. The van der Waals surface area contributed by atoms with E-state index in [1.165, 1.54) is 20.3 Å². The van der Waals surface area contributed by atoms with Crippen molar-refractivity contribution in [1.82, 2.24) is 9.97 Å². The first kappa shape index (κ1) is 16.7. The number of hydrogen-bond acceptors (Lipinski definition) is 7. The molecule has 4 N–H and O–H groups in total. The molecule has 0 aliphatic rings. The molecule has 2 aromatic rings. The Kier molecular flexibility index (Phi) is 5.47. The summed E-state index contributed by atoms with van der Waals surface area (Å²) in [5, 5.41) is 3.01. The monoisotopic (exact) mass is 336 g/mol. The van der Waals surface area contributed by atoms with E-state index in [1.807, 2.05) is 0 Å². The third-order valence-corrected chi connectivity index (χ3v) is 3.62. The molecule has 8 nitrogen and oxygen atoms in total. The van der Waals surface area contributed by atoms with Crippen LogP contribution in [-0.2, 0) is 4.79 Å². The average Bonchev–Trinajstić information content (AvgIpc) is 2.52. The molecular weight excluding hydrogens is 320 g/mol. The number of carbonyl (C=O) groups is 1. The fourth-order valence-electron chi connectivity index (χ4n) is 1.77. The molecule has 0 aliphatic heterocycles. The number of H-pyrrole nitrogens is 1. The van der Waals surface area contributed by atoms with E-state index in [1.54, 1.807) is 18.2 Å². The first-order valence-electron chi connectivity index (χ1n) is 6.53. The van der Waals surface area contributed by atoms with E-state index in [-0.39, 0.29) is 28.2 Å². The van der Waals surface area contributed by atoms with Crippen LogP contribution < -0.4 is 26.1 Å². The molecule has 0 saturated heterocycles. The van der Waals surface area contributed by atoms with Gasteiger partial charge in [0, 0.05) is 17.8 Å². The number of hydrogen-bond donors (Lipinski definition) is 3. The number of aromatic amines is 1. The molecule has 2 rings (SSSR count). The molecule has 0 spiro atoms. The van der Waals surface area contributed by atoms with Crippen molar-refractivity contribution in [2.45, 2.75) is 5.16 Å². The van der Waals surface area contributed by atoms with Crippen LogP contribution in [0.1, 0.15) is 0 Å². The van der Waals surface area contributed by atoms with Crippen LogP contribution in [0, 0.1) is 0 Å². The number of carbonyl (C=O) groups excluding carboxylic acids is 1. The van der Waals surface area contributed by atoms with Crippen molar-refractivity contribution in [2.75, 3.05) is 31.0 Å². The number of nitrogen functional groups attached to an aromatic ring is 1. The van der Waals surface area contributed by atoms with Crippen molar-refractivity contribution in [2.24, 2.45) is 0 Å². The Morgan fingerprint density at radius 1 is 1.30 bits per heavy atom. The molecule has 0 fully saturated rings. The molecule has 0 saturated carbocycles. The maximum absolute atomic E-state index is 12.0. The van der Waals surface area contributed by atoms with E-state index in [4.69, 9.17) is 15.2 Å². The third-order valence-electron chi connectivity index (χ3n) is 2.75. The van der Waals surface area contributed by atoms with E-state index in [2.05, 4.69) is 15.3 Å². The molecule has 1 aromatic heterocycles. The minimum Gasteiger partial charge on any atom is -0.493 e. The quantitative estimate of drug-likeness (QED) is 0.534. The standard InChI is InChI=1S/C14H16N4O4S/c1-21-9-4-3-8(5-10(9)22-2)16-13(20)7-23-14-17-11(15)6-12(19)18-14/h3-6H,7H2,1-2H3,(H,16,20)(H3,15,17,18,19). The van der Waals surface area contributed by atoms with Gasteiger partial charge in [0.05, 0.1) is 20.0 Å². The number of nitrogens with two attached hydrogens (primary N) is 1. The van der Waals surface area contributed by atoms with Crippen LogP contribution in [0.4, 0.5) is 11.5 Å². The highest BCUT2D eigenvalue weighted by atomic mass is 32.2. The van der Waals surface area contributed by atoms with Gasteiger partial charge in [-0.05, 0) is 12.1 Å². The molecule has 23 heavy (non-hydrogen) atoms. The molecule has 1 amide bonds. The zero-order valence-electron chi connectivity index (χ0n) is 12.6. The van der Waals surface area contributed by atoms with Crippen LogP contribution in [0.15, 0.2) is 34.2 Å². The van der Waals surface area contributed by atoms with Gasteiger partial charge >= 0.3 is 0 Å². The van der Waals surface area contributed by atoms with Gasteiger partial charge in [0.2, 0.25) is 5.91 Å². The van der Waals surface area contributed by atoms with Crippen molar-refractivity contribution in [1.29, 1.82) is 0 Å². The Bertz CT molecular complexity index is 763. The Hall–Kier alpha value is -2.68. The second-order valence-corrected chi connectivity index (χ2v) is 5.35. The molecule has 0 bridgehead atoms. The Labute approximate surface area is 136 Å². The van der Waals surface area contributed by atoms with Gasteiger partial charge in [-0.15, -0.1) is 0 Å². The van der Waals surface area contributed by atoms with Crippen LogP contribution in [-0.4, -0.2) is 35.8 Å². The van der Waals surface area contributed by atoms with E-state index in [0.29, 0.717) is 17.2 Å². The number of thioether (sulfide) groups is 1. The number of amides is 1. The number of ether oxygens (including phenoxy) is 2. The SMILES string of the molecule is COc1ccc(NC(=O)CSc2nc(N)cc(=O)[nH]2)cc1OC. The highest BCUT2D eigenvalue weighted by Crippen LogP contribution is 2.29. The van der Waals surface area contributed by atoms with Gasteiger partial charge in [-0.3, -0.25) is 9.59 Å². The van der Waals surface area contributed by atoms with Crippen molar-refractivity contribution in [3.05, 3.63) is 34.6 Å². The van der Waals surface area contributed by atoms with Crippen molar-refractivity contribution >= 4 is 29.2 Å². The lowest BCUT2D eigenvalue weighted by molar-refractivity contribution is -0.113. The molecule has 122 valence electrons. The van der Waals surface area contributed by atoms with Crippen LogP contribution in [0.25, 0.3) is 0 Å². The number of benzene rings is 1. The molecule has 0 aliphatic carbocycles. The van der Waals surface area contributed by atoms with E-state index in [0.717, 1.165) is 11.8 Å². The fourth-order valence-corrected chi connectivity index (χ4v) is 2.45. The van der Waals surface area contributed by atoms with Crippen molar-refractivity contribution in [3.8, 4) is 11.5 Å². The number of methoxy groups -OCH3 is 2. The van der Waals surface area contributed by atoms with E-state index >= 15 is 0 Å². The number of anilines is 2. The summed E-state index contributed by atoms with van der Waals surface area (Å²) in [7, 11) is 3.05. The van der Waals surface area contributed by atoms with Gasteiger partial charge in [0.1, 0.15) is 5.82 Å². The van der Waals surface area contributed by atoms with Crippen LogP contribution in [0.3, 0.4) is 0 Å². The molecule has 1 aromatic carbocycles. The van der Waals surface area contributed by atoms with Gasteiger partial charge < -0.3 is 25.5 Å². The largest absolute Gasteiger partial charge is 0.493 e. The molecule has 0 radical (unpaired) electrons. The zero-order valence-corrected chi connectivity index (χ0v) is 13.4. The smallest absolute Gasteiger partial charge is 0.253 e. The van der Waals surface area contributed by atoms with Gasteiger partial charge in [0.15, 0.2) is 16.7 Å². The van der Waals surface area contributed by atoms with Gasteiger partial charge in [-0.1, -0.05) is 11.8 Å². The summed E-state index contributed by atoms with van der Waals surface area (Å²) in [6.45, 7) is 0. The fraction of sp³-hybridized carbons (Fsp3) is 0.214. The van der Waals surface area contributed by atoms with Gasteiger partial charge in [0.25, 0.3) is 5.56 Å². The van der Waals surface area contributed by atoms with Crippen molar-refractivity contribution in [3.63, 3.8) is 0 Å². The summed E-state index contributed by atoms with van der Waals surface area (Å²) in [6, 6.07) is 6.22. The zero-order chi connectivity index (χ0) is 16.8. The highest BCUT2D eigenvalue weighted by Gasteiger charge is 2.09. The summed E-state index contributed by atoms with van der Waals surface area (Å²) >= 11 is 1.08. The summed E-state index contributed by atoms with van der Waals surface area (Å²) < 4.78 is 10.3. The van der Waals surface area contributed by atoms with Gasteiger partial charge in [-0.2, -0.15) is 0 Å². The summed E-state index contributed by atoms with van der Waals surface area (Å²) in [5.41, 5.74) is 5.69. The third kappa shape index (κ3) is 4.65. The highest BCUT2D eigenvalue weighted by molar-refractivity contribution is 7.99. The van der Waals surface area contributed by atoms with Crippen LogP contribution >= 0.6 is 11.8 Å². The molecule has 0 atom stereocenters.